The number of alkyl halides is 3. The highest BCUT2D eigenvalue weighted by Gasteiger charge is 2.30. The Hall–Kier alpha value is -2.19. The van der Waals surface area contributed by atoms with Gasteiger partial charge in [0.05, 0.1) is 11.3 Å². The molecule has 0 atom stereocenters. The van der Waals surface area contributed by atoms with Crippen LogP contribution in [0.5, 0.6) is 0 Å². The van der Waals surface area contributed by atoms with Crippen LogP contribution in [0.1, 0.15) is 15.9 Å². The number of benzene rings is 2. The van der Waals surface area contributed by atoms with Gasteiger partial charge in [-0.3, -0.25) is 10.1 Å². The molecule has 0 aliphatic heterocycles. The molecule has 0 aliphatic rings. The zero-order valence-corrected chi connectivity index (χ0v) is 14.9. The van der Waals surface area contributed by atoms with Crippen LogP contribution in [0.15, 0.2) is 58.4 Å². The topological polar surface area (TPSA) is 42.0 Å². The van der Waals surface area contributed by atoms with Gasteiger partial charge in [-0.2, -0.15) is 13.2 Å². The van der Waals surface area contributed by atoms with Crippen LogP contribution in [-0.2, 0) is 6.18 Å². The normalized spacial score (nSPS) is 11.4. The molecule has 1 amide bonds. The number of amides is 1. The minimum atomic E-state index is -4.41. The lowest BCUT2D eigenvalue weighted by molar-refractivity contribution is -0.137. The molecule has 2 aromatic carbocycles. The first kappa shape index (κ1) is 17.6. The van der Waals surface area contributed by atoms with Gasteiger partial charge in [-0.1, -0.05) is 28.1 Å². The number of carbonyl (C=O) groups is 1. The molecular formula is C17H10BrF3N2OS. The van der Waals surface area contributed by atoms with Crippen LogP contribution < -0.4 is 5.32 Å². The molecule has 128 valence electrons. The van der Waals surface area contributed by atoms with Crippen LogP contribution in [-0.4, -0.2) is 10.9 Å². The molecule has 0 bridgehead atoms. The maximum atomic E-state index is 12.8. The molecular weight excluding hydrogens is 417 g/mol. The summed E-state index contributed by atoms with van der Waals surface area (Å²) in [5, 5.41) is 4.57. The van der Waals surface area contributed by atoms with Crippen molar-refractivity contribution in [2.75, 3.05) is 5.32 Å². The van der Waals surface area contributed by atoms with E-state index in [4.69, 9.17) is 0 Å². The number of anilines is 1. The van der Waals surface area contributed by atoms with Gasteiger partial charge in [0, 0.05) is 21.0 Å². The second-order valence-corrected chi connectivity index (χ2v) is 6.85. The van der Waals surface area contributed by atoms with Gasteiger partial charge in [0.2, 0.25) is 0 Å². The van der Waals surface area contributed by atoms with E-state index in [0.29, 0.717) is 22.0 Å². The smallest absolute Gasteiger partial charge is 0.298 e. The summed E-state index contributed by atoms with van der Waals surface area (Å²) in [5.74, 6) is -0.336. The predicted octanol–water partition coefficient (Wildman–Crippen LogP) is 5.84. The Kier molecular flexibility index (Phi) is 4.91. The molecule has 0 fully saturated rings. The van der Waals surface area contributed by atoms with E-state index in [2.05, 4.69) is 26.2 Å². The quantitative estimate of drug-likeness (QED) is 0.571. The molecule has 1 aromatic heterocycles. The van der Waals surface area contributed by atoms with E-state index >= 15 is 0 Å². The molecule has 0 spiro atoms. The maximum Gasteiger partial charge on any atom is 0.416 e. The van der Waals surface area contributed by atoms with Crippen molar-refractivity contribution in [3.8, 4) is 11.3 Å². The van der Waals surface area contributed by atoms with Crippen LogP contribution in [0, 0.1) is 0 Å². The first-order valence-corrected chi connectivity index (χ1v) is 8.70. The first-order valence-electron chi connectivity index (χ1n) is 7.03. The lowest BCUT2D eigenvalue weighted by atomic mass is 10.1. The number of nitrogens with zero attached hydrogens (tertiary/aromatic N) is 1. The molecule has 1 N–H and O–H groups in total. The highest BCUT2D eigenvalue weighted by atomic mass is 79.9. The van der Waals surface area contributed by atoms with Gasteiger partial charge < -0.3 is 0 Å². The van der Waals surface area contributed by atoms with Crippen molar-refractivity contribution in [3.05, 3.63) is 69.5 Å². The fourth-order valence-electron chi connectivity index (χ4n) is 2.09. The largest absolute Gasteiger partial charge is 0.416 e. The van der Waals surface area contributed by atoms with E-state index in [1.807, 2.05) is 0 Å². The summed E-state index contributed by atoms with van der Waals surface area (Å²) in [4.78, 5) is 16.3. The van der Waals surface area contributed by atoms with Crippen molar-refractivity contribution in [1.29, 1.82) is 0 Å². The van der Waals surface area contributed by atoms with Gasteiger partial charge in [-0.05, 0) is 36.4 Å². The van der Waals surface area contributed by atoms with Crippen LogP contribution in [0.25, 0.3) is 11.3 Å². The summed E-state index contributed by atoms with van der Waals surface area (Å²) in [6.07, 6.45) is -4.41. The fraction of sp³-hybridized carbons (Fsp3) is 0.0588. The van der Waals surface area contributed by atoms with Gasteiger partial charge in [-0.15, -0.1) is 11.3 Å². The summed E-state index contributed by atoms with van der Waals surface area (Å²) in [7, 11) is 0. The molecule has 3 nitrogen and oxygen atoms in total. The van der Waals surface area contributed by atoms with Crippen molar-refractivity contribution >= 4 is 38.3 Å². The molecule has 1 heterocycles. The molecule has 25 heavy (non-hydrogen) atoms. The number of hydrogen-bond acceptors (Lipinski definition) is 3. The van der Waals surface area contributed by atoms with E-state index in [1.165, 1.54) is 6.07 Å². The van der Waals surface area contributed by atoms with Crippen molar-refractivity contribution in [1.82, 2.24) is 4.98 Å². The maximum absolute atomic E-state index is 12.8. The number of carbonyl (C=O) groups excluding carboxylic acids is 1. The second kappa shape index (κ2) is 6.97. The Bertz CT molecular complexity index is 907. The van der Waals surface area contributed by atoms with Crippen LogP contribution in [0.3, 0.4) is 0 Å². The summed E-state index contributed by atoms with van der Waals surface area (Å²) < 4.78 is 39.2. The lowest BCUT2D eigenvalue weighted by Gasteiger charge is -2.07. The Morgan fingerprint density at radius 3 is 2.52 bits per heavy atom. The minimum absolute atomic E-state index is 0.320. The highest BCUT2D eigenvalue weighted by molar-refractivity contribution is 9.10. The van der Waals surface area contributed by atoms with Gasteiger partial charge in [0.15, 0.2) is 5.13 Å². The molecule has 0 saturated heterocycles. The predicted molar refractivity (Wildman–Crippen MR) is 94.6 cm³/mol. The number of hydrogen-bond donors (Lipinski definition) is 1. The van der Waals surface area contributed by atoms with Crippen LogP contribution in [0.2, 0.25) is 0 Å². The van der Waals surface area contributed by atoms with E-state index < -0.39 is 11.7 Å². The van der Waals surface area contributed by atoms with Crippen molar-refractivity contribution in [3.63, 3.8) is 0 Å². The summed E-state index contributed by atoms with van der Waals surface area (Å²) in [5.41, 5.74) is 0.440. The molecule has 0 saturated carbocycles. The molecule has 0 unspecified atom stereocenters. The van der Waals surface area contributed by atoms with Gasteiger partial charge in [0.25, 0.3) is 5.91 Å². The number of thiazole rings is 1. The van der Waals surface area contributed by atoms with E-state index in [0.717, 1.165) is 27.9 Å². The molecule has 0 radical (unpaired) electrons. The zero-order chi connectivity index (χ0) is 18.0. The Labute approximate surface area is 153 Å². The third kappa shape index (κ3) is 4.26. The van der Waals surface area contributed by atoms with Crippen LogP contribution in [0.4, 0.5) is 18.3 Å². The SMILES string of the molecule is O=C(Nc1nc(-c2cccc(C(F)(F)F)c2)cs1)c1ccc(Br)cc1. The molecule has 3 aromatic rings. The average Bonchev–Trinajstić information content (AvgIpc) is 3.03. The van der Waals surface area contributed by atoms with E-state index in [9.17, 15) is 18.0 Å². The number of aromatic nitrogens is 1. The second-order valence-electron chi connectivity index (χ2n) is 5.08. The van der Waals surface area contributed by atoms with Gasteiger partial charge >= 0.3 is 6.18 Å². The van der Waals surface area contributed by atoms with Gasteiger partial charge in [0.1, 0.15) is 0 Å². The summed E-state index contributed by atoms with van der Waals surface area (Å²) in [6.45, 7) is 0. The molecule has 3 rings (SSSR count). The fourth-order valence-corrected chi connectivity index (χ4v) is 3.07. The summed E-state index contributed by atoms with van der Waals surface area (Å²) in [6, 6.07) is 11.7. The van der Waals surface area contributed by atoms with Crippen molar-refractivity contribution in [2.24, 2.45) is 0 Å². The highest BCUT2D eigenvalue weighted by Crippen LogP contribution is 2.33. The monoisotopic (exact) mass is 426 g/mol. The third-order valence-corrected chi connectivity index (χ3v) is 4.60. The van der Waals surface area contributed by atoms with Crippen molar-refractivity contribution in [2.45, 2.75) is 6.18 Å². The van der Waals surface area contributed by atoms with Crippen LogP contribution >= 0.6 is 27.3 Å². The van der Waals surface area contributed by atoms with Crippen molar-refractivity contribution < 1.29 is 18.0 Å². The Balaban J connectivity index is 1.79. The Morgan fingerprint density at radius 1 is 1.12 bits per heavy atom. The molecule has 8 heteroatoms. The Morgan fingerprint density at radius 2 is 1.84 bits per heavy atom. The number of halogens is 4. The summed E-state index contributed by atoms with van der Waals surface area (Å²) >= 11 is 4.44. The minimum Gasteiger partial charge on any atom is -0.298 e. The van der Waals surface area contributed by atoms with E-state index in [1.54, 1.807) is 35.7 Å². The number of nitrogens with one attached hydrogen (secondary N) is 1. The third-order valence-electron chi connectivity index (χ3n) is 3.32. The zero-order valence-electron chi connectivity index (χ0n) is 12.5. The molecule has 0 aliphatic carbocycles. The standard InChI is InChI=1S/C17H10BrF3N2OS/c18-13-6-4-10(5-7-13)15(24)23-16-22-14(9-25-16)11-2-1-3-12(8-11)17(19,20)21/h1-9H,(H,22,23,24). The lowest BCUT2D eigenvalue weighted by Crippen LogP contribution is -2.11. The number of rotatable bonds is 3. The van der Waals surface area contributed by atoms with Gasteiger partial charge in [-0.25, -0.2) is 4.98 Å². The van der Waals surface area contributed by atoms with E-state index in [-0.39, 0.29) is 5.91 Å². The first-order chi connectivity index (χ1) is 11.8. The average molecular weight is 427 g/mol.